The highest BCUT2D eigenvalue weighted by Gasteiger charge is 2.15. The molecule has 1 heterocycles. The Morgan fingerprint density at radius 3 is 2.45 bits per heavy atom. The third-order valence-electron chi connectivity index (χ3n) is 3.14. The summed E-state index contributed by atoms with van der Waals surface area (Å²) in [6.07, 6.45) is 0. The predicted octanol–water partition coefficient (Wildman–Crippen LogP) is 1.49. The molecule has 0 amide bonds. The second kappa shape index (κ2) is 9.04. The highest BCUT2D eigenvalue weighted by molar-refractivity contribution is 14.0. The molecule has 0 bridgehead atoms. The summed E-state index contributed by atoms with van der Waals surface area (Å²) >= 11 is 3.28. The molecule has 2 rings (SSSR count). The molecule has 1 fully saturated rings. The molecular weight excluding hydrogens is 485 g/mol. The van der Waals surface area contributed by atoms with Crippen molar-refractivity contribution in [2.45, 2.75) is 4.90 Å². The number of aliphatic imine (C=N–C) groups is 1. The molecule has 1 aliphatic heterocycles. The van der Waals surface area contributed by atoms with Gasteiger partial charge in [0.15, 0.2) is 15.8 Å². The van der Waals surface area contributed by atoms with Crippen LogP contribution in [0.4, 0.5) is 0 Å². The highest BCUT2D eigenvalue weighted by Crippen LogP contribution is 2.15. The number of morpholine rings is 1. The van der Waals surface area contributed by atoms with Crippen molar-refractivity contribution >= 4 is 55.7 Å². The summed E-state index contributed by atoms with van der Waals surface area (Å²) in [6, 6.07) is 6.57. The molecule has 0 atom stereocenters. The Morgan fingerprint density at radius 2 is 1.86 bits per heavy atom. The number of ether oxygens (including phenoxy) is 1. The number of guanidine groups is 1. The fourth-order valence-corrected chi connectivity index (χ4v) is 3.32. The Morgan fingerprint density at radius 1 is 1.27 bits per heavy atom. The summed E-state index contributed by atoms with van der Waals surface area (Å²) in [4.78, 5) is 6.35. The second-order valence-electron chi connectivity index (χ2n) is 4.61. The zero-order valence-electron chi connectivity index (χ0n) is 11.9. The minimum Gasteiger partial charge on any atom is -0.378 e. The first-order chi connectivity index (χ1) is 9.99. The predicted molar refractivity (Wildman–Crippen MR) is 100 cm³/mol. The van der Waals surface area contributed by atoms with Crippen molar-refractivity contribution < 1.29 is 13.2 Å². The first kappa shape index (κ1) is 19.7. The maximum Gasteiger partial charge on any atom is 0.191 e. The van der Waals surface area contributed by atoms with E-state index in [1.54, 1.807) is 24.3 Å². The number of nitrogens with zero attached hydrogens (tertiary/aromatic N) is 2. The van der Waals surface area contributed by atoms with Crippen molar-refractivity contribution in [2.75, 3.05) is 38.6 Å². The summed E-state index contributed by atoms with van der Waals surface area (Å²) in [7, 11) is -3.33. The molecule has 0 spiro atoms. The van der Waals surface area contributed by atoms with Gasteiger partial charge in [-0.1, -0.05) is 15.9 Å². The molecule has 1 aliphatic rings. The topological polar surface area (TPSA) is 85.0 Å². The van der Waals surface area contributed by atoms with Gasteiger partial charge in [-0.3, -0.25) is 4.99 Å². The molecule has 1 aromatic carbocycles. The van der Waals surface area contributed by atoms with Gasteiger partial charge < -0.3 is 15.4 Å². The third-order valence-corrected chi connectivity index (χ3v) is 5.38. The fraction of sp³-hybridized carbons (Fsp3) is 0.462. The lowest BCUT2D eigenvalue weighted by molar-refractivity contribution is 0.0674. The average molecular weight is 504 g/mol. The van der Waals surface area contributed by atoms with Gasteiger partial charge in [-0.2, -0.15) is 0 Å². The normalized spacial score (nSPS) is 16.2. The summed E-state index contributed by atoms with van der Waals surface area (Å²) < 4.78 is 30.4. The van der Waals surface area contributed by atoms with E-state index in [0.717, 1.165) is 4.47 Å². The van der Waals surface area contributed by atoms with Crippen molar-refractivity contribution in [3.8, 4) is 0 Å². The van der Waals surface area contributed by atoms with Crippen molar-refractivity contribution in [2.24, 2.45) is 10.7 Å². The zero-order valence-corrected chi connectivity index (χ0v) is 16.7. The smallest absolute Gasteiger partial charge is 0.191 e. The summed E-state index contributed by atoms with van der Waals surface area (Å²) in [5, 5.41) is 0. The quantitative estimate of drug-likeness (QED) is 0.382. The van der Waals surface area contributed by atoms with Gasteiger partial charge in [0.1, 0.15) is 0 Å². The van der Waals surface area contributed by atoms with Crippen LogP contribution in [0.3, 0.4) is 0 Å². The molecule has 1 saturated heterocycles. The van der Waals surface area contributed by atoms with Gasteiger partial charge in [-0.25, -0.2) is 8.42 Å². The van der Waals surface area contributed by atoms with Crippen LogP contribution in [0.2, 0.25) is 0 Å². The van der Waals surface area contributed by atoms with Crippen LogP contribution in [0, 0.1) is 0 Å². The van der Waals surface area contributed by atoms with Gasteiger partial charge in [-0.15, -0.1) is 24.0 Å². The van der Waals surface area contributed by atoms with Crippen LogP contribution < -0.4 is 5.73 Å². The number of halogens is 2. The molecule has 0 aromatic heterocycles. The van der Waals surface area contributed by atoms with E-state index in [4.69, 9.17) is 10.5 Å². The molecule has 0 aliphatic carbocycles. The van der Waals surface area contributed by atoms with Gasteiger partial charge >= 0.3 is 0 Å². The maximum absolute atomic E-state index is 12.1. The Kier molecular flexibility index (Phi) is 8.08. The van der Waals surface area contributed by atoms with Gasteiger partial charge in [0.25, 0.3) is 0 Å². The van der Waals surface area contributed by atoms with E-state index in [1.165, 1.54) is 0 Å². The van der Waals surface area contributed by atoms with Crippen LogP contribution in [0.5, 0.6) is 0 Å². The number of nitrogens with two attached hydrogens (primary N) is 1. The lowest BCUT2D eigenvalue weighted by atomic mass is 10.4. The Bertz CT molecular complexity index is 601. The van der Waals surface area contributed by atoms with Crippen LogP contribution in [-0.2, 0) is 14.6 Å². The molecule has 22 heavy (non-hydrogen) atoms. The number of hydrogen-bond acceptors (Lipinski definition) is 4. The number of sulfone groups is 1. The number of hydrogen-bond donors (Lipinski definition) is 1. The van der Waals surface area contributed by atoms with Crippen molar-refractivity contribution in [3.63, 3.8) is 0 Å². The highest BCUT2D eigenvalue weighted by atomic mass is 127. The summed E-state index contributed by atoms with van der Waals surface area (Å²) in [6.45, 7) is 2.77. The van der Waals surface area contributed by atoms with E-state index in [0.29, 0.717) is 37.2 Å². The largest absolute Gasteiger partial charge is 0.378 e. The van der Waals surface area contributed by atoms with Crippen molar-refractivity contribution in [1.29, 1.82) is 0 Å². The van der Waals surface area contributed by atoms with E-state index in [1.807, 2.05) is 4.90 Å². The van der Waals surface area contributed by atoms with Gasteiger partial charge in [0, 0.05) is 17.6 Å². The van der Waals surface area contributed by atoms with Crippen LogP contribution >= 0.6 is 39.9 Å². The summed E-state index contributed by atoms with van der Waals surface area (Å²) in [5.74, 6) is 0.323. The third kappa shape index (κ3) is 5.67. The minimum atomic E-state index is -3.33. The monoisotopic (exact) mass is 503 g/mol. The second-order valence-corrected chi connectivity index (χ2v) is 7.64. The number of rotatable bonds is 4. The van der Waals surface area contributed by atoms with E-state index < -0.39 is 9.84 Å². The van der Waals surface area contributed by atoms with E-state index in [-0.39, 0.29) is 36.3 Å². The molecule has 1 aromatic rings. The minimum absolute atomic E-state index is 0. The van der Waals surface area contributed by atoms with Crippen molar-refractivity contribution in [3.05, 3.63) is 28.7 Å². The average Bonchev–Trinajstić information content (AvgIpc) is 2.48. The van der Waals surface area contributed by atoms with Crippen LogP contribution in [0.15, 0.2) is 38.6 Å². The molecule has 6 nitrogen and oxygen atoms in total. The zero-order chi connectivity index (χ0) is 15.3. The molecule has 0 saturated carbocycles. The molecular formula is C13H19BrIN3O3S. The molecule has 9 heteroatoms. The number of benzene rings is 1. The molecule has 0 unspecified atom stereocenters. The van der Waals surface area contributed by atoms with Crippen molar-refractivity contribution in [1.82, 2.24) is 4.90 Å². The Balaban J connectivity index is 0.00000242. The van der Waals surface area contributed by atoms with Gasteiger partial charge in [-0.05, 0) is 24.3 Å². The van der Waals surface area contributed by atoms with E-state index in [2.05, 4.69) is 20.9 Å². The summed E-state index contributed by atoms with van der Waals surface area (Å²) in [5.41, 5.74) is 5.86. The maximum atomic E-state index is 12.1. The van der Waals surface area contributed by atoms with Gasteiger partial charge in [0.2, 0.25) is 0 Å². The first-order valence-corrected chi connectivity index (χ1v) is 9.04. The lowest BCUT2D eigenvalue weighted by Gasteiger charge is -2.27. The lowest BCUT2D eigenvalue weighted by Crippen LogP contribution is -2.45. The molecule has 0 radical (unpaired) electrons. The Hall–Kier alpha value is -0.390. The standard InChI is InChI=1S/C13H18BrN3O3S.HI/c14-11-1-3-12(4-2-11)21(18,19)10-5-16-13(15)17-6-8-20-9-7-17;/h1-4H,5-10H2,(H2,15,16);1H. The molecule has 2 N–H and O–H groups in total. The van der Waals surface area contributed by atoms with Crippen LogP contribution in [0.1, 0.15) is 0 Å². The fourth-order valence-electron chi connectivity index (χ4n) is 1.93. The van der Waals surface area contributed by atoms with E-state index >= 15 is 0 Å². The Labute approximate surface area is 156 Å². The van der Waals surface area contributed by atoms with Crippen LogP contribution in [-0.4, -0.2) is 57.9 Å². The first-order valence-electron chi connectivity index (χ1n) is 6.60. The SMILES string of the molecule is I.NC(=NCCS(=O)(=O)c1ccc(Br)cc1)N1CCOCC1. The van der Waals surface area contributed by atoms with Gasteiger partial charge in [0.05, 0.1) is 30.4 Å². The molecule has 124 valence electrons. The van der Waals surface area contributed by atoms with Crippen LogP contribution in [0.25, 0.3) is 0 Å². The van der Waals surface area contributed by atoms with E-state index in [9.17, 15) is 8.42 Å².